The lowest BCUT2D eigenvalue weighted by atomic mass is 10.0. The second-order valence-corrected chi connectivity index (χ2v) is 6.37. The lowest BCUT2D eigenvalue weighted by Crippen LogP contribution is -2.23. The zero-order valence-corrected chi connectivity index (χ0v) is 13.9. The lowest BCUT2D eigenvalue weighted by Gasteiger charge is -2.19. The molecule has 0 radical (unpaired) electrons. The summed E-state index contributed by atoms with van der Waals surface area (Å²) in [6.45, 7) is 6.75. The summed E-state index contributed by atoms with van der Waals surface area (Å²) in [6, 6.07) is 6.70. The van der Waals surface area contributed by atoms with E-state index in [4.69, 9.17) is 9.47 Å². The van der Waals surface area contributed by atoms with E-state index in [1.807, 2.05) is 0 Å². The summed E-state index contributed by atoms with van der Waals surface area (Å²) in [5.74, 6) is 1.01. The Morgan fingerprint density at radius 1 is 1.45 bits per heavy atom. The van der Waals surface area contributed by atoms with Crippen LogP contribution in [0.1, 0.15) is 44.7 Å². The number of halogens is 1. The van der Waals surface area contributed by atoms with Gasteiger partial charge >= 0.3 is 0 Å². The van der Waals surface area contributed by atoms with E-state index >= 15 is 0 Å². The highest BCUT2D eigenvalue weighted by atomic mass is 79.9. The van der Waals surface area contributed by atoms with E-state index in [-0.39, 0.29) is 0 Å². The Morgan fingerprint density at radius 2 is 2.30 bits per heavy atom. The Balaban J connectivity index is 1.88. The van der Waals surface area contributed by atoms with E-state index in [0.29, 0.717) is 12.1 Å². The van der Waals surface area contributed by atoms with Gasteiger partial charge in [-0.3, -0.25) is 0 Å². The summed E-state index contributed by atoms with van der Waals surface area (Å²) >= 11 is 3.51. The first-order chi connectivity index (χ1) is 9.66. The second-order valence-electron chi connectivity index (χ2n) is 5.45. The standard InChI is InChI=1S/C16H24BrNO2/c1-12(2)19-10-4-8-18-15-5-3-9-20-16-11-13(17)6-7-14(15)16/h6-7,11-12,15,18H,3-5,8-10H2,1-2H3. The fourth-order valence-electron chi connectivity index (χ4n) is 2.43. The molecule has 1 N–H and O–H groups in total. The van der Waals surface area contributed by atoms with Crippen LogP contribution in [0, 0.1) is 0 Å². The summed E-state index contributed by atoms with van der Waals surface area (Å²) in [6.07, 6.45) is 3.58. The van der Waals surface area contributed by atoms with Gasteiger partial charge in [0.1, 0.15) is 5.75 Å². The van der Waals surface area contributed by atoms with Crippen LogP contribution in [0.2, 0.25) is 0 Å². The molecule has 20 heavy (non-hydrogen) atoms. The van der Waals surface area contributed by atoms with Crippen molar-refractivity contribution in [2.75, 3.05) is 19.8 Å². The summed E-state index contributed by atoms with van der Waals surface area (Å²) in [5.41, 5.74) is 1.27. The largest absolute Gasteiger partial charge is 0.493 e. The molecule has 112 valence electrons. The van der Waals surface area contributed by atoms with Gasteiger partial charge in [0.2, 0.25) is 0 Å². The Hall–Kier alpha value is -0.580. The second kappa shape index (κ2) is 8.01. The van der Waals surface area contributed by atoms with Crippen LogP contribution in [-0.4, -0.2) is 25.9 Å². The van der Waals surface area contributed by atoms with Gasteiger partial charge in [0, 0.05) is 22.7 Å². The molecule has 4 heteroatoms. The number of nitrogens with one attached hydrogen (secondary N) is 1. The molecule has 1 unspecified atom stereocenters. The van der Waals surface area contributed by atoms with Crippen molar-refractivity contribution in [2.24, 2.45) is 0 Å². The zero-order valence-electron chi connectivity index (χ0n) is 12.3. The van der Waals surface area contributed by atoms with Crippen molar-refractivity contribution in [3.05, 3.63) is 28.2 Å². The number of benzene rings is 1. The molecule has 1 aromatic carbocycles. The third-order valence-electron chi connectivity index (χ3n) is 3.41. The Bertz CT molecular complexity index is 423. The van der Waals surface area contributed by atoms with Gasteiger partial charge in [-0.25, -0.2) is 0 Å². The minimum absolute atomic E-state index is 0.319. The topological polar surface area (TPSA) is 30.5 Å². The Morgan fingerprint density at radius 3 is 3.10 bits per heavy atom. The molecular formula is C16H24BrNO2. The molecule has 0 saturated heterocycles. The molecular weight excluding hydrogens is 318 g/mol. The van der Waals surface area contributed by atoms with E-state index in [9.17, 15) is 0 Å². The fourth-order valence-corrected chi connectivity index (χ4v) is 2.77. The van der Waals surface area contributed by atoms with Gasteiger partial charge in [-0.15, -0.1) is 0 Å². The molecule has 0 bridgehead atoms. The quantitative estimate of drug-likeness (QED) is 0.791. The van der Waals surface area contributed by atoms with Crippen molar-refractivity contribution in [2.45, 2.75) is 45.3 Å². The van der Waals surface area contributed by atoms with E-state index < -0.39 is 0 Å². The predicted octanol–water partition coefficient (Wildman–Crippen LogP) is 4.07. The molecule has 0 aromatic heterocycles. The highest BCUT2D eigenvalue weighted by molar-refractivity contribution is 9.10. The van der Waals surface area contributed by atoms with E-state index in [0.717, 1.165) is 49.2 Å². The highest BCUT2D eigenvalue weighted by Gasteiger charge is 2.19. The van der Waals surface area contributed by atoms with E-state index in [1.54, 1.807) is 0 Å². The molecule has 0 fully saturated rings. The average molecular weight is 342 g/mol. The molecule has 0 aliphatic carbocycles. The number of ether oxygens (including phenoxy) is 2. The molecule has 2 rings (SSSR count). The maximum Gasteiger partial charge on any atom is 0.125 e. The monoisotopic (exact) mass is 341 g/mol. The third kappa shape index (κ3) is 4.76. The van der Waals surface area contributed by atoms with Crippen molar-refractivity contribution in [3.8, 4) is 5.75 Å². The number of hydrogen-bond acceptors (Lipinski definition) is 3. The normalized spacial score (nSPS) is 18.5. The highest BCUT2D eigenvalue weighted by Crippen LogP contribution is 2.33. The maximum absolute atomic E-state index is 5.82. The molecule has 1 aliphatic rings. The molecule has 0 spiro atoms. The van der Waals surface area contributed by atoms with Gasteiger partial charge in [-0.1, -0.05) is 22.0 Å². The van der Waals surface area contributed by atoms with Crippen LogP contribution in [0.15, 0.2) is 22.7 Å². The number of fused-ring (bicyclic) bond motifs is 1. The summed E-state index contributed by atoms with van der Waals surface area (Å²) in [4.78, 5) is 0. The smallest absolute Gasteiger partial charge is 0.125 e. The number of rotatable bonds is 6. The molecule has 1 aromatic rings. The van der Waals surface area contributed by atoms with Crippen molar-refractivity contribution in [3.63, 3.8) is 0 Å². The van der Waals surface area contributed by atoms with Gasteiger partial charge in [-0.2, -0.15) is 0 Å². The van der Waals surface area contributed by atoms with Crippen molar-refractivity contribution < 1.29 is 9.47 Å². The summed E-state index contributed by atoms with van der Waals surface area (Å²) in [5, 5.41) is 3.64. The minimum Gasteiger partial charge on any atom is -0.493 e. The van der Waals surface area contributed by atoms with E-state index in [1.165, 1.54) is 5.56 Å². The molecule has 1 atom stereocenters. The maximum atomic E-state index is 5.82. The molecule has 1 aliphatic heterocycles. The SMILES string of the molecule is CC(C)OCCCNC1CCCOc2cc(Br)ccc21. The first kappa shape index (κ1) is 15.8. The Kier molecular flexibility index (Phi) is 6.33. The van der Waals surface area contributed by atoms with Crippen LogP contribution >= 0.6 is 15.9 Å². The van der Waals surface area contributed by atoms with Crippen molar-refractivity contribution >= 4 is 15.9 Å². The van der Waals surface area contributed by atoms with Gasteiger partial charge in [0.15, 0.2) is 0 Å². The van der Waals surface area contributed by atoms with Gasteiger partial charge in [0.05, 0.1) is 12.7 Å². The summed E-state index contributed by atoms with van der Waals surface area (Å²) < 4.78 is 12.5. The zero-order chi connectivity index (χ0) is 14.4. The first-order valence-corrected chi connectivity index (χ1v) is 8.23. The van der Waals surface area contributed by atoms with Crippen LogP contribution in [0.3, 0.4) is 0 Å². The number of hydrogen-bond donors (Lipinski definition) is 1. The van der Waals surface area contributed by atoms with Gasteiger partial charge in [-0.05, 0) is 51.8 Å². The predicted molar refractivity (Wildman–Crippen MR) is 85.3 cm³/mol. The van der Waals surface area contributed by atoms with Crippen molar-refractivity contribution in [1.82, 2.24) is 5.32 Å². The minimum atomic E-state index is 0.319. The summed E-state index contributed by atoms with van der Waals surface area (Å²) in [7, 11) is 0. The van der Waals surface area contributed by atoms with Crippen LogP contribution in [0.25, 0.3) is 0 Å². The lowest BCUT2D eigenvalue weighted by molar-refractivity contribution is 0.0766. The first-order valence-electron chi connectivity index (χ1n) is 7.44. The fraction of sp³-hybridized carbons (Fsp3) is 0.625. The third-order valence-corrected chi connectivity index (χ3v) is 3.90. The van der Waals surface area contributed by atoms with E-state index in [2.05, 4.69) is 53.3 Å². The average Bonchev–Trinajstić information content (AvgIpc) is 2.60. The van der Waals surface area contributed by atoms with Crippen LogP contribution in [0.4, 0.5) is 0 Å². The van der Waals surface area contributed by atoms with Crippen LogP contribution in [0.5, 0.6) is 5.75 Å². The van der Waals surface area contributed by atoms with Gasteiger partial charge in [0.25, 0.3) is 0 Å². The molecule has 3 nitrogen and oxygen atoms in total. The molecule has 0 amide bonds. The van der Waals surface area contributed by atoms with Crippen molar-refractivity contribution in [1.29, 1.82) is 0 Å². The molecule has 1 heterocycles. The van der Waals surface area contributed by atoms with Gasteiger partial charge < -0.3 is 14.8 Å². The molecule has 0 saturated carbocycles. The Labute approximate surface area is 130 Å². The van der Waals surface area contributed by atoms with Crippen LogP contribution < -0.4 is 10.1 Å². The van der Waals surface area contributed by atoms with Crippen LogP contribution in [-0.2, 0) is 4.74 Å².